The summed E-state index contributed by atoms with van der Waals surface area (Å²) < 4.78 is 20.7. The predicted molar refractivity (Wildman–Crippen MR) is 115 cm³/mol. The standard InChI is InChI=1S/C24H20FNO6/c1-3-13(24(30)31)12-9-10-17(16(25)11-12)26-22(28)18-19(23(26)29)21(32-4-2)15-8-6-5-7-14(15)20(18)27/h5-11,13,27H,3-4H2,1-2H3,(H,30,31). The molecule has 2 amide bonds. The van der Waals surface area contributed by atoms with Gasteiger partial charge in [0.05, 0.1) is 29.3 Å². The van der Waals surface area contributed by atoms with Gasteiger partial charge in [0.1, 0.15) is 17.3 Å². The van der Waals surface area contributed by atoms with Gasteiger partial charge in [0.25, 0.3) is 11.8 Å². The van der Waals surface area contributed by atoms with Gasteiger partial charge in [0.15, 0.2) is 0 Å². The van der Waals surface area contributed by atoms with Gasteiger partial charge < -0.3 is 14.9 Å². The maximum Gasteiger partial charge on any atom is 0.310 e. The Bertz CT molecular complexity index is 1290. The molecule has 0 fully saturated rings. The summed E-state index contributed by atoms with van der Waals surface area (Å²) in [7, 11) is 0. The quantitative estimate of drug-likeness (QED) is 0.552. The maximum absolute atomic E-state index is 15.0. The van der Waals surface area contributed by atoms with Crippen LogP contribution < -0.4 is 9.64 Å². The molecule has 8 heteroatoms. The molecule has 0 spiro atoms. The highest BCUT2D eigenvalue weighted by molar-refractivity contribution is 6.38. The van der Waals surface area contributed by atoms with E-state index in [9.17, 15) is 24.6 Å². The number of fused-ring (bicyclic) bond motifs is 2. The molecule has 32 heavy (non-hydrogen) atoms. The molecule has 0 saturated carbocycles. The summed E-state index contributed by atoms with van der Waals surface area (Å²) in [4.78, 5) is 38.5. The van der Waals surface area contributed by atoms with E-state index >= 15 is 4.39 Å². The molecule has 0 aromatic heterocycles. The lowest BCUT2D eigenvalue weighted by molar-refractivity contribution is -0.138. The van der Waals surface area contributed by atoms with Crippen molar-refractivity contribution in [2.45, 2.75) is 26.2 Å². The summed E-state index contributed by atoms with van der Waals surface area (Å²) in [6.07, 6.45) is 0.249. The third-order valence-corrected chi connectivity index (χ3v) is 5.58. The maximum atomic E-state index is 15.0. The van der Waals surface area contributed by atoms with E-state index < -0.39 is 29.5 Å². The first-order chi connectivity index (χ1) is 15.3. The third-order valence-electron chi connectivity index (χ3n) is 5.58. The van der Waals surface area contributed by atoms with Gasteiger partial charge in [-0.05, 0) is 31.0 Å². The van der Waals surface area contributed by atoms with Crippen LogP contribution in [0.25, 0.3) is 10.8 Å². The van der Waals surface area contributed by atoms with E-state index in [4.69, 9.17) is 4.74 Å². The number of carboxylic acids is 1. The zero-order chi connectivity index (χ0) is 23.2. The largest absolute Gasteiger partial charge is 0.506 e. The number of rotatable bonds is 6. The van der Waals surface area contributed by atoms with Crippen LogP contribution in [0.5, 0.6) is 11.5 Å². The second-order valence-electron chi connectivity index (χ2n) is 7.36. The van der Waals surface area contributed by atoms with Gasteiger partial charge in [0, 0.05) is 10.8 Å². The van der Waals surface area contributed by atoms with Crippen LogP contribution in [0, 0.1) is 5.82 Å². The number of nitrogens with zero attached hydrogens (tertiary/aromatic N) is 1. The number of aliphatic carboxylic acids is 1. The lowest BCUT2D eigenvalue weighted by Crippen LogP contribution is -2.30. The fourth-order valence-corrected chi connectivity index (χ4v) is 4.10. The van der Waals surface area contributed by atoms with E-state index in [2.05, 4.69) is 0 Å². The minimum absolute atomic E-state index is 0.131. The van der Waals surface area contributed by atoms with Gasteiger partial charge in [0.2, 0.25) is 0 Å². The van der Waals surface area contributed by atoms with Crippen molar-refractivity contribution in [1.29, 1.82) is 0 Å². The van der Waals surface area contributed by atoms with Crippen LogP contribution in [0.15, 0.2) is 42.5 Å². The smallest absolute Gasteiger partial charge is 0.310 e. The number of amides is 2. The lowest BCUT2D eigenvalue weighted by atomic mass is 9.96. The number of benzene rings is 3. The molecule has 1 aliphatic rings. The van der Waals surface area contributed by atoms with E-state index in [0.717, 1.165) is 6.07 Å². The molecule has 0 radical (unpaired) electrons. The van der Waals surface area contributed by atoms with Crippen molar-refractivity contribution >= 4 is 34.2 Å². The van der Waals surface area contributed by atoms with E-state index in [0.29, 0.717) is 15.7 Å². The summed E-state index contributed by atoms with van der Waals surface area (Å²) in [6, 6.07) is 10.2. The first-order valence-electron chi connectivity index (χ1n) is 10.1. The van der Waals surface area contributed by atoms with Crippen molar-refractivity contribution in [3.05, 3.63) is 65.0 Å². The van der Waals surface area contributed by atoms with E-state index in [1.54, 1.807) is 38.1 Å². The van der Waals surface area contributed by atoms with Crippen molar-refractivity contribution in [3.8, 4) is 11.5 Å². The van der Waals surface area contributed by atoms with E-state index in [-0.39, 0.29) is 46.9 Å². The summed E-state index contributed by atoms with van der Waals surface area (Å²) in [5.41, 5.74) is -0.487. The Morgan fingerprint density at radius 1 is 1.06 bits per heavy atom. The SMILES string of the molecule is CCOc1c2c(c(O)c3ccccc13)C(=O)N(c1ccc(C(CC)C(=O)O)cc1F)C2=O. The Labute approximate surface area is 182 Å². The lowest BCUT2D eigenvalue weighted by Gasteiger charge is -2.17. The Balaban J connectivity index is 1.88. The number of hydrogen-bond donors (Lipinski definition) is 2. The monoisotopic (exact) mass is 437 g/mol. The number of carbonyl (C=O) groups excluding carboxylic acids is 2. The van der Waals surface area contributed by atoms with Crippen molar-refractivity contribution in [1.82, 2.24) is 0 Å². The molecule has 164 valence electrons. The number of halogens is 1. The van der Waals surface area contributed by atoms with Crippen LogP contribution >= 0.6 is 0 Å². The van der Waals surface area contributed by atoms with E-state index in [1.807, 2.05) is 0 Å². The molecular weight excluding hydrogens is 417 g/mol. The van der Waals surface area contributed by atoms with Crippen LogP contribution in [-0.4, -0.2) is 34.6 Å². The molecule has 4 rings (SSSR count). The van der Waals surface area contributed by atoms with Crippen molar-refractivity contribution in [2.75, 3.05) is 11.5 Å². The molecule has 1 aliphatic heterocycles. The fraction of sp³-hybridized carbons (Fsp3) is 0.208. The van der Waals surface area contributed by atoms with Crippen LogP contribution in [0.2, 0.25) is 0 Å². The molecule has 0 bridgehead atoms. The van der Waals surface area contributed by atoms with Gasteiger partial charge >= 0.3 is 5.97 Å². The molecule has 7 nitrogen and oxygen atoms in total. The first-order valence-corrected chi connectivity index (χ1v) is 10.1. The highest BCUT2D eigenvalue weighted by atomic mass is 19.1. The molecule has 2 N–H and O–H groups in total. The average Bonchev–Trinajstić information content (AvgIpc) is 3.02. The number of phenolic OH excluding ortho intramolecular Hbond substituents is 1. The number of phenols is 1. The highest BCUT2D eigenvalue weighted by Crippen LogP contribution is 2.45. The normalized spacial score (nSPS) is 14.0. The molecule has 0 saturated heterocycles. The summed E-state index contributed by atoms with van der Waals surface area (Å²) in [5, 5.41) is 20.9. The summed E-state index contributed by atoms with van der Waals surface area (Å²) in [5.74, 6) is -4.88. The Hall–Kier alpha value is -3.94. The van der Waals surface area contributed by atoms with Gasteiger partial charge in [-0.1, -0.05) is 37.3 Å². The van der Waals surface area contributed by atoms with Gasteiger partial charge in [-0.2, -0.15) is 0 Å². The van der Waals surface area contributed by atoms with Gasteiger partial charge in [-0.15, -0.1) is 0 Å². The van der Waals surface area contributed by atoms with Crippen molar-refractivity contribution in [2.24, 2.45) is 0 Å². The number of anilines is 1. The van der Waals surface area contributed by atoms with Crippen LogP contribution in [0.4, 0.5) is 10.1 Å². The third kappa shape index (κ3) is 3.07. The topological polar surface area (TPSA) is 104 Å². The minimum Gasteiger partial charge on any atom is -0.506 e. The molecular formula is C24H20FNO6. The van der Waals surface area contributed by atoms with Gasteiger partial charge in [-0.3, -0.25) is 14.4 Å². The van der Waals surface area contributed by atoms with Crippen LogP contribution in [-0.2, 0) is 4.79 Å². The Kier molecular flexibility index (Phi) is 5.30. The van der Waals surface area contributed by atoms with E-state index in [1.165, 1.54) is 12.1 Å². The first kappa shape index (κ1) is 21.3. The van der Waals surface area contributed by atoms with Crippen LogP contribution in [0.1, 0.15) is 52.5 Å². The number of aromatic hydroxyl groups is 1. The van der Waals surface area contributed by atoms with Crippen molar-refractivity contribution < 1.29 is 33.7 Å². The second kappa shape index (κ2) is 7.96. The zero-order valence-electron chi connectivity index (χ0n) is 17.4. The molecule has 3 aromatic carbocycles. The van der Waals surface area contributed by atoms with Crippen LogP contribution in [0.3, 0.4) is 0 Å². The molecule has 0 aliphatic carbocycles. The number of carboxylic acid groups (broad SMARTS) is 1. The predicted octanol–water partition coefficient (Wildman–Crippen LogP) is 4.46. The number of imide groups is 1. The second-order valence-corrected chi connectivity index (χ2v) is 7.36. The highest BCUT2D eigenvalue weighted by Gasteiger charge is 2.44. The minimum atomic E-state index is -1.10. The summed E-state index contributed by atoms with van der Waals surface area (Å²) in [6.45, 7) is 3.59. The average molecular weight is 437 g/mol. The van der Waals surface area contributed by atoms with Gasteiger partial charge in [-0.25, -0.2) is 9.29 Å². The van der Waals surface area contributed by atoms with Crippen molar-refractivity contribution in [3.63, 3.8) is 0 Å². The Morgan fingerprint density at radius 2 is 1.72 bits per heavy atom. The number of hydrogen-bond acceptors (Lipinski definition) is 5. The molecule has 1 unspecified atom stereocenters. The molecule has 1 atom stereocenters. The summed E-state index contributed by atoms with van der Waals surface area (Å²) >= 11 is 0. The fourth-order valence-electron chi connectivity index (χ4n) is 4.10. The molecule has 1 heterocycles. The molecule has 3 aromatic rings. The number of ether oxygens (including phenoxy) is 1. The zero-order valence-corrected chi connectivity index (χ0v) is 17.4. The number of carbonyl (C=O) groups is 3. The Morgan fingerprint density at radius 3 is 2.31 bits per heavy atom.